The van der Waals surface area contributed by atoms with E-state index in [-0.39, 0.29) is 17.0 Å². The Labute approximate surface area is 421 Å². The number of likely N-dealkylation sites (tertiary alicyclic amines) is 2. The highest BCUT2D eigenvalue weighted by molar-refractivity contribution is 9.11. The SMILES string of the molecule is Cc1ccc(S(=O)(=O)n2nc(N3CC4CC3CC4OCCN3CCCC3)c3c(-c4ccccc4)c(Br)sc32)cc1.c1ccc(-c2csc3n[nH]c(N4CC5CC4CC5OCCN4CCCC4)c23)cc1. The fourth-order valence-corrected chi connectivity index (χ4v) is 16.5. The molecule has 0 spiro atoms. The van der Waals surface area contributed by atoms with Crippen LogP contribution in [-0.2, 0) is 19.5 Å². The zero-order valence-corrected chi connectivity index (χ0v) is 43.3. The molecule has 4 bridgehead atoms. The molecule has 4 saturated heterocycles. The van der Waals surface area contributed by atoms with Crippen LogP contribution in [0.4, 0.5) is 11.6 Å². The number of rotatable bonds is 14. The average Bonchev–Trinajstić information content (AvgIpc) is 4.19. The van der Waals surface area contributed by atoms with Gasteiger partial charge in [-0.25, -0.2) is 0 Å². The number of nitrogens with one attached hydrogen (secondary N) is 1. The molecule has 69 heavy (non-hydrogen) atoms. The summed E-state index contributed by atoms with van der Waals surface area (Å²) in [5.41, 5.74) is 5.63. The largest absolute Gasteiger partial charge is 0.376 e. The third-order valence-electron chi connectivity index (χ3n) is 15.8. The Kier molecular flexibility index (Phi) is 13.0. The maximum Gasteiger partial charge on any atom is 0.284 e. The predicted molar refractivity (Wildman–Crippen MR) is 282 cm³/mol. The van der Waals surface area contributed by atoms with Gasteiger partial charge in [-0.1, -0.05) is 78.4 Å². The van der Waals surface area contributed by atoms with E-state index >= 15 is 0 Å². The summed E-state index contributed by atoms with van der Waals surface area (Å²) >= 11 is 6.95. The Hall–Kier alpha value is -4.13. The number of H-pyrrole nitrogens is 1. The van der Waals surface area contributed by atoms with Crippen molar-refractivity contribution in [1.29, 1.82) is 0 Å². The fraction of sp³-hybridized carbons (Fsp3) is 0.472. The molecule has 4 aliphatic heterocycles. The summed E-state index contributed by atoms with van der Waals surface area (Å²) in [7, 11) is -3.88. The van der Waals surface area contributed by atoms with Crippen molar-refractivity contribution in [3.05, 3.63) is 99.7 Å². The summed E-state index contributed by atoms with van der Waals surface area (Å²) in [5, 5.41) is 17.3. The number of aromatic nitrogens is 4. The highest BCUT2D eigenvalue weighted by Gasteiger charge is 2.48. The van der Waals surface area contributed by atoms with Gasteiger partial charge in [0.1, 0.15) is 15.5 Å². The molecule has 6 unspecified atom stereocenters. The minimum absolute atomic E-state index is 0.245. The lowest BCUT2D eigenvalue weighted by Gasteiger charge is -2.32. The lowest BCUT2D eigenvalue weighted by Crippen LogP contribution is -2.40. The number of benzene rings is 3. The van der Waals surface area contributed by atoms with E-state index in [1.165, 1.54) is 96.0 Å². The number of ether oxygens (including phenoxy) is 2. The summed E-state index contributed by atoms with van der Waals surface area (Å²) < 4.78 is 42.8. The molecular formula is C53H61BrN8O4S3. The van der Waals surface area contributed by atoms with Crippen LogP contribution in [-0.4, -0.2) is 127 Å². The van der Waals surface area contributed by atoms with E-state index in [9.17, 15) is 8.42 Å². The van der Waals surface area contributed by atoms with Crippen LogP contribution in [0.25, 0.3) is 42.7 Å². The first kappa shape index (κ1) is 46.0. The van der Waals surface area contributed by atoms with E-state index in [0.717, 1.165) is 95.2 Å². The van der Waals surface area contributed by atoms with E-state index in [4.69, 9.17) is 14.6 Å². The van der Waals surface area contributed by atoms with Crippen molar-refractivity contribution in [2.75, 3.05) is 75.4 Å². The molecule has 6 fully saturated rings. The van der Waals surface area contributed by atoms with Gasteiger partial charge >= 0.3 is 0 Å². The molecule has 1 N–H and O–H groups in total. The smallest absolute Gasteiger partial charge is 0.284 e. The van der Waals surface area contributed by atoms with Crippen molar-refractivity contribution in [3.63, 3.8) is 0 Å². The molecule has 6 atom stereocenters. The number of aryl methyl sites for hydroxylation is 1. The van der Waals surface area contributed by atoms with E-state index in [0.29, 0.717) is 28.8 Å². The fourth-order valence-electron chi connectivity index (χ4n) is 12.2. The molecule has 6 aliphatic rings. The summed E-state index contributed by atoms with van der Waals surface area (Å²) in [4.78, 5) is 12.0. The lowest BCUT2D eigenvalue weighted by atomic mass is 10.0. The van der Waals surface area contributed by atoms with Crippen molar-refractivity contribution >= 4 is 80.7 Å². The summed E-state index contributed by atoms with van der Waals surface area (Å²) in [6.45, 7) is 12.6. The minimum Gasteiger partial charge on any atom is -0.376 e. The van der Waals surface area contributed by atoms with Gasteiger partial charge in [0.25, 0.3) is 10.0 Å². The number of anilines is 2. The molecule has 16 heteroatoms. The quantitative estimate of drug-likeness (QED) is 0.113. The second-order valence-corrected chi connectivity index (χ2v) is 25.0. The number of hydrogen-bond acceptors (Lipinski definition) is 12. The Bertz CT molecular complexity index is 3000. The van der Waals surface area contributed by atoms with E-state index in [2.05, 4.69) is 93.6 Å². The van der Waals surface area contributed by atoms with Crippen molar-refractivity contribution in [3.8, 4) is 22.3 Å². The van der Waals surface area contributed by atoms with E-state index in [1.54, 1.807) is 23.5 Å². The van der Waals surface area contributed by atoms with Gasteiger partial charge in [0.15, 0.2) is 5.82 Å². The van der Waals surface area contributed by atoms with Gasteiger partial charge in [-0.2, -0.15) is 13.5 Å². The van der Waals surface area contributed by atoms with Crippen LogP contribution in [0.1, 0.15) is 56.9 Å². The number of aromatic amines is 1. The number of piperidine rings is 2. The Balaban J connectivity index is 0.000000150. The molecule has 3 aromatic carbocycles. The molecular weight excluding hydrogens is 989 g/mol. The molecule has 4 aromatic heterocycles. The molecule has 12 nitrogen and oxygen atoms in total. The van der Waals surface area contributed by atoms with Crippen LogP contribution in [0.3, 0.4) is 0 Å². The zero-order chi connectivity index (χ0) is 46.6. The topological polar surface area (TPSA) is 112 Å². The van der Waals surface area contributed by atoms with Crippen LogP contribution in [0.15, 0.2) is 99.0 Å². The Morgan fingerprint density at radius 3 is 1.88 bits per heavy atom. The van der Waals surface area contributed by atoms with Gasteiger partial charge in [0.05, 0.1) is 44.9 Å². The van der Waals surface area contributed by atoms with E-state index in [1.807, 2.05) is 37.3 Å². The highest BCUT2D eigenvalue weighted by Crippen LogP contribution is 2.51. The van der Waals surface area contributed by atoms with Crippen molar-refractivity contribution < 1.29 is 17.9 Å². The molecule has 2 saturated carbocycles. The second-order valence-electron chi connectivity index (χ2n) is 20.0. The average molecular weight is 1050 g/mol. The van der Waals surface area contributed by atoms with Gasteiger partial charge < -0.3 is 29.1 Å². The first-order valence-corrected chi connectivity index (χ1v) is 29.0. The zero-order valence-electron chi connectivity index (χ0n) is 39.2. The maximum absolute atomic E-state index is 13.9. The number of halogens is 1. The first-order valence-electron chi connectivity index (χ1n) is 25.1. The monoisotopic (exact) mass is 1050 g/mol. The Morgan fingerprint density at radius 2 is 1.30 bits per heavy atom. The lowest BCUT2D eigenvalue weighted by molar-refractivity contribution is 0.0148. The number of thiophene rings is 2. The van der Waals surface area contributed by atoms with Crippen molar-refractivity contribution in [1.82, 2.24) is 29.2 Å². The molecule has 7 aromatic rings. The third kappa shape index (κ3) is 8.89. The molecule has 362 valence electrons. The number of hydrogen-bond donors (Lipinski definition) is 1. The minimum atomic E-state index is -3.88. The molecule has 13 rings (SSSR count). The summed E-state index contributed by atoms with van der Waals surface area (Å²) in [6, 6.07) is 28.7. The van der Waals surface area contributed by atoms with Crippen LogP contribution >= 0.6 is 38.6 Å². The van der Waals surface area contributed by atoms with Crippen LogP contribution in [0.5, 0.6) is 0 Å². The molecule has 0 amide bonds. The Morgan fingerprint density at radius 1 is 0.725 bits per heavy atom. The maximum atomic E-state index is 13.9. The van der Waals surface area contributed by atoms with E-state index < -0.39 is 10.0 Å². The van der Waals surface area contributed by atoms with Gasteiger partial charge in [-0.05, 0) is 124 Å². The van der Waals surface area contributed by atoms with Gasteiger partial charge in [0, 0.05) is 66.6 Å². The standard InChI is InChI=1S/C30H33BrN4O3S2.C23H28N4OS/c1-20-9-11-24(12-10-20)40(36,37)35-30-27(26(28(31)39-30)21-7-3-2-4-8-21)29(32-35)34-19-22-17-23(34)18-25(22)38-16-15-33-13-5-6-14-33;1-2-6-16(7-3-1)19-15-29-23-21(19)22(24-25-23)27-14-17-12-18(27)13-20(17)28-11-10-26-8-4-5-9-26/h2-4,7-12,22-23,25H,5-6,13-19H2,1H3;1-3,6-7,15,17-18,20H,4-5,8-14H2,(H,24,25). The summed E-state index contributed by atoms with van der Waals surface area (Å²) in [5.74, 6) is 3.05. The molecule has 8 heterocycles. The van der Waals surface area contributed by atoms with Crippen LogP contribution in [0.2, 0.25) is 0 Å². The van der Waals surface area contributed by atoms with Gasteiger partial charge in [0.2, 0.25) is 0 Å². The van der Waals surface area contributed by atoms with Crippen LogP contribution in [0, 0.1) is 18.8 Å². The molecule has 0 radical (unpaired) electrons. The highest BCUT2D eigenvalue weighted by atomic mass is 79.9. The first-order chi connectivity index (χ1) is 33.8. The van der Waals surface area contributed by atoms with Crippen molar-refractivity contribution in [2.24, 2.45) is 11.8 Å². The van der Waals surface area contributed by atoms with Crippen LogP contribution < -0.4 is 9.80 Å². The van der Waals surface area contributed by atoms with Gasteiger partial charge in [-0.3, -0.25) is 5.10 Å². The van der Waals surface area contributed by atoms with Gasteiger partial charge in [-0.15, -0.1) is 31.9 Å². The summed E-state index contributed by atoms with van der Waals surface area (Å²) in [6.07, 6.45) is 10.4. The predicted octanol–water partition coefficient (Wildman–Crippen LogP) is 10.5. The molecule has 2 aliphatic carbocycles. The number of fused-ring (bicyclic) bond motifs is 6. The normalized spacial score (nSPS) is 24.7. The second kappa shape index (κ2) is 19.5. The third-order valence-corrected chi connectivity index (χ3v) is 20.2. The number of nitrogens with zero attached hydrogens (tertiary/aromatic N) is 7. The van der Waals surface area contributed by atoms with Crippen molar-refractivity contribution in [2.45, 2.75) is 87.5 Å².